The van der Waals surface area contributed by atoms with E-state index in [4.69, 9.17) is 17.0 Å². The van der Waals surface area contributed by atoms with Gasteiger partial charge in [-0.1, -0.05) is 20.8 Å². The molecule has 0 saturated heterocycles. The molecule has 0 atom stereocenters. The molecule has 0 bridgehead atoms. The van der Waals surface area contributed by atoms with E-state index in [2.05, 4.69) is 26.6 Å². The Morgan fingerprint density at radius 3 is 2.00 bits per heavy atom. The van der Waals surface area contributed by atoms with Gasteiger partial charge in [-0.05, 0) is 0 Å². The van der Waals surface area contributed by atoms with Crippen molar-refractivity contribution in [3.63, 3.8) is 0 Å². The third kappa shape index (κ3) is 4.73. The van der Waals surface area contributed by atoms with Gasteiger partial charge in [0.1, 0.15) is 0 Å². The summed E-state index contributed by atoms with van der Waals surface area (Å²) in [6.07, 6.45) is 0. The maximum absolute atomic E-state index is 4.93. The van der Waals surface area contributed by atoms with Gasteiger partial charge in [-0.25, -0.2) is 8.19 Å². The van der Waals surface area contributed by atoms with Crippen molar-refractivity contribution in [2.45, 2.75) is 20.8 Å². The van der Waals surface area contributed by atoms with Crippen LogP contribution in [0, 0.1) is 20.8 Å². The van der Waals surface area contributed by atoms with E-state index in [9.17, 15) is 0 Å². The van der Waals surface area contributed by atoms with Crippen LogP contribution in [-0.4, -0.2) is 0 Å². The van der Waals surface area contributed by atoms with Crippen LogP contribution in [0.3, 0.4) is 0 Å². The molecule has 1 heterocycles. The Kier molecular flexibility index (Phi) is 7.49. The van der Waals surface area contributed by atoms with Gasteiger partial charge in [0, 0.05) is 0 Å². The zero-order valence-corrected chi connectivity index (χ0v) is 11.6. The van der Waals surface area contributed by atoms with Gasteiger partial charge in [0.15, 0.2) is 0 Å². The van der Waals surface area contributed by atoms with E-state index in [0.29, 0.717) is 0 Å². The van der Waals surface area contributed by atoms with Crippen molar-refractivity contribution in [2.75, 3.05) is 0 Å². The van der Waals surface area contributed by atoms with Crippen LogP contribution in [0.15, 0.2) is 5.80 Å². The molecule has 0 unspecified atom stereocenters. The minimum absolute atomic E-state index is 0.826. The average molecular weight is 287 g/mol. The topological polar surface area (TPSA) is 0 Å². The third-order valence-corrected chi connectivity index (χ3v) is 2.83. The molecule has 0 aromatic carbocycles. The summed E-state index contributed by atoms with van der Waals surface area (Å²) in [7, 11) is 11.3. The second kappa shape index (κ2) is 6.73. The van der Waals surface area contributed by atoms with Crippen LogP contribution in [0.25, 0.3) is 0 Å². The first-order valence-electron chi connectivity index (χ1n) is 3.15. The Hall–Kier alpha value is 1.24. The van der Waals surface area contributed by atoms with Crippen molar-refractivity contribution < 1.29 is 20.8 Å². The summed E-state index contributed by atoms with van der Waals surface area (Å²) < 4.78 is 0. The molecule has 0 saturated carbocycles. The van der Waals surface area contributed by atoms with E-state index < -0.39 is 20.8 Å². The van der Waals surface area contributed by atoms with Gasteiger partial charge in [-0.2, -0.15) is 16.9 Å². The fourth-order valence-electron chi connectivity index (χ4n) is 0.673. The Labute approximate surface area is 88.4 Å². The Bertz CT molecular complexity index is 191. The zero-order chi connectivity index (χ0) is 8.85. The zero-order valence-electron chi connectivity index (χ0n) is 6.78. The third-order valence-electron chi connectivity index (χ3n) is 1.59. The van der Waals surface area contributed by atoms with Crippen LogP contribution >= 0.6 is 25.2 Å². The number of halogens is 2. The quantitative estimate of drug-likeness (QED) is 0.624. The first-order chi connectivity index (χ1) is 5.13. The van der Waals surface area contributed by atoms with Crippen LogP contribution in [0.2, 0.25) is 0 Å². The molecule has 0 amide bonds. The van der Waals surface area contributed by atoms with Gasteiger partial charge in [-0.15, -0.1) is 5.30 Å². The molecule has 0 nitrogen and oxygen atoms in total. The van der Waals surface area contributed by atoms with Crippen molar-refractivity contribution in [3.8, 4) is 0 Å². The SMILES string of the molecule is Cc1cp[c-](C)c1C.[Cl][Zr][Cl]. The van der Waals surface area contributed by atoms with Crippen molar-refractivity contribution in [1.82, 2.24) is 0 Å². The summed E-state index contributed by atoms with van der Waals surface area (Å²) in [4.78, 5) is 0. The van der Waals surface area contributed by atoms with Crippen molar-refractivity contribution >= 4 is 25.2 Å². The first-order valence-corrected chi connectivity index (χ1v) is 10.4. The van der Waals surface area contributed by atoms with Gasteiger partial charge in [0.2, 0.25) is 0 Å². The van der Waals surface area contributed by atoms with E-state index in [0.717, 1.165) is 0 Å². The van der Waals surface area contributed by atoms with Crippen molar-refractivity contribution in [1.29, 1.82) is 0 Å². The molecule has 1 aromatic heterocycles. The number of aryl methyl sites for hydroxylation is 2. The van der Waals surface area contributed by atoms with E-state index in [1.807, 2.05) is 0 Å². The predicted octanol–water partition coefficient (Wildman–Crippen LogP) is 4.29. The Morgan fingerprint density at radius 1 is 1.45 bits per heavy atom. The maximum atomic E-state index is 4.93. The summed E-state index contributed by atoms with van der Waals surface area (Å²) in [5.74, 6) is 2.25. The van der Waals surface area contributed by atoms with Crippen LogP contribution in [0.4, 0.5) is 0 Å². The summed E-state index contributed by atoms with van der Waals surface area (Å²) in [6.45, 7) is 6.53. The Balaban J connectivity index is 0.000000292. The van der Waals surface area contributed by atoms with Gasteiger partial charge >= 0.3 is 37.9 Å². The molecule has 0 radical (unpaired) electrons. The van der Waals surface area contributed by atoms with Crippen LogP contribution in [-0.2, 0) is 20.8 Å². The molecule has 1 aromatic rings. The van der Waals surface area contributed by atoms with Gasteiger partial charge in [-0.3, -0.25) is 0 Å². The summed E-state index contributed by atoms with van der Waals surface area (Å²) in [5.41, 5.74) is 2.93. The monoisotopic (exact) mass is 285 g/mol. The van der Waals surface area contributed by atoms with Gasteiger partial charge < -0.3 is 0 Å². The van der Waals surface area contributed by atoms with E-state index in [-0.39, 0.29) is 0 Å². The second-order valence-corrected chi connectivity index (χ2v) is 7.14. The molecule has 0 N–H and O–H groups in total. The van der Waals surface area contributed by atoms with Crippen LogP contribution in [0.5, 0.6) is 0 Å². The molecule has 0 aliphatic carbocycles. The molecule has 62 valence electrons. The predicted molar refractivity (Wildman–Crippen MR) is 50.5 cm³/mol. The molecule has 0 aliphatic heterocycles. The normalized spacial score (nSPS) is 9.18. The molecular formula is C7H10Cl2PZr-. The average Bonchev–Trinajstić information content (AvgIpc) is 2.22. The summed E-state index contributed by atoms with van der Waals surface area (Å²) in [6, 6.07) is 0. The molecule has 4 heteroatoms. The van der Waals surface area contributed by atoms with Crippen molar-refractivity contribution in [2.24, 2.45) is 0 Å². The summed E-state index contributed by atoms with van der Waals surface area (Å²) >= 11 is -0.826. The fraction of sp³-hybridized carbons (Fsp3) is 0.429. The first kappa shape index (κ1) is 12.2. The summed E-state index contributed by atoms with van der Waals surface area (Å²) in [5, 5.41) is 1.50. The van der Waals surface area contributed by atoms with Crippen LogP contribution in [0.1, 0.15) is 16.4 Å². The molecule has 0 fully saturated rings. The number of rotatable bonds is 0. The van der Waals surface area contributed by atoms with E-state index >= 15 is 0 Å². The number of hydrogen-bond acceptors (Lipinski definition) is 0. The minimum atomic E-state index is -0.826. The standard InChI is InChI=1S/C7H10P.2ClH.Zr/c1-5-4-8-7(3)6(5)2;;;/h4H,1-3H3;2*1H;/q-1;;;+2/p-2. The molecular weight excluding hydrogens is 277 g/mol. The molecule has 1 rings (SSSR count). The van der Waals surface area contributed by atoms with E-state index in [1.165, 1.54) is 24.6 Å². The van der Waals surface area contributed by atoms with Crippen molar-refractivity contribution in [3.05, 3.63) is 22.2 Å². The Morgan fingerprint density at radius 2 is 1.91 bits per heavy atom. The fourth-order valence-corrected chi connectivity index (χ4v) is 1.62. The second-order valence-electron chi connectivity index (χ2n) is 2.22. The molecule has 11 heavy (non-hydrogen) atoms. The van der Waals surface area contributed by atoms with E-state index in [1.54, 1.807) is 0 Å². The van der Waals surface area contributed by atoms with Gasteiger partial charge in [0.25, 0.3) is 0 Å². The number of hydrogen-bond donors (Lipinski definition) is 0. The van der Waals surface area contributed by atoms with Crippen LogP contribution < -0.4 is 0 Å². The molecule has 0 spiro atoms. The molecule has 0 aliphatic rings. The van der Waals surface area contributed by atoms with Gasteiger partial charge in [0.05, 0.1) is 0 Å².